The molecule has 1 N–H and O–H groups in total. The van der Waals surface area contributed by atoms with Gasteiger partial charge in [0, 0.05) is 11.4 Å². The summed E-state index contributed by atoms with van der Waals surface area (Å²) in [6, 6.07) is -0.00450. The molecular weight excluding hydrogens is 303 g/mol. The van der Waals surface area contributed by atoms with Crippen LogP contribution in [-0.2, 0) is 9.53 Å². The predicted octanol–water partition coefficient (Wildman–Crippen LogP) is 1.51. The molecule has 0 spiro atoms. The largest absolute Gasteiger partial charge is 0.461 e. The zero-order valence-corrected chi connectivity index (χ0v) is 14.2. The van der Waals surface area contributed by atoms with Gasteiger partial charge in [-0.1, -0.05) is 13.8 Å². The average molecular weight is 325 g/mol. The minimum Gasteiger partial charge on any atom is -0.461 e. The van der Waals surface area contributed by atoms with Crippen molar-refractivity contribution < 1.29 is 19.4 Å². The Morgan fingerprint density at radius 3 is 2.82 bits per heavy atom. The summed E-state index contributed by atoms with van der Waals surface area (Å²) in [6.45, 7) is 6.07. The van der Waals surface area contributed by atoms with Crippen LogP contribution in [0.5, 0.6) is 0 Å². The number of hydrogen-bond acceptors (Lipinski definition) is 7. The highest BCUT2D eigenvalue weighted by atomic mass is 32.1. The van der Waals surface area contributed by atoms with Gasteiger partial charge in [-0.25, -0.2) is 9.78 Å². The fourth-order valence-corrected chi connectivity index (χ4v) is 2.97. The lowest BCUT2D eigenvalue weighted by molar-refractivity contribution is 0.0519. The van der Waals surface area contributed by atoms with Gasteiger partial charge in [-0.3, -0.25) is 0 Å². The highest BCUT2D eigenvalue weighted by Crippen LogP contribution is 2.26. The summed E-state index contributed by atoms with van der Waals surface area (Å²) < 4.78 is 4.88. The van der Waals surface area contributed by atoms with E-state index < -0.39 is 12.1 Å². The van der Waals surface area contributed by atoms with Crippen LogP contribution in [-0.4, -0.2) is 54.2 Å². The number of hydrogen-bond donors (Lipinski definition) is 1. The fraction of sp³-hybridized carbons (Fsp3) is 0.643. The molecule has 1 heterocycles. The van der Waals surface area contributed by atoms with Crippen LogP contribution in [0, 0.1) is 5.92 Å². The van der Waals surface area contributed by atoms with E-state index in [1.165, 1.54) is 18.8 Å². The first-order valence-corrected chi connectivity index (χ1v) is 8.09. The zero-order valence-electron chi connectivity index (χ0n) is 13.4. The highest BCUT2D eigenvalue weighted by Gasteiger charge is 2.25. The molecule has 0 saturated carbocycles. The Balaban J connectivity index is 2.75. The van der Waals surface area contributed by atoms with Crippen LogP contribution in [0.15, 0.2) is 5.38 Å². The van der Waals surface area contributed by atoms with Crippen molar-refractivity contribution in [2.45, 2.75) is 39.3 Å². The fourth-order valence-electron chi connectivity index (χ4n) is 2.18. The summed E-state index contributed by atoms with van der Waals surface area (Å²) in [5, 5.41) is 12.4. The Morgan fingerprint density at radius 2 is 2.27 bits per heavy atom. The Kier molecular flexibility index (Phi) is 7.71. The van der Waals surface area contributed by atoms with Gasteiger partial charge >= 0.3 is 5.97 Å². The van der Waals surface area contributed by atoms with Gasteiger partial charge in [-0.2, -0.15) is 0 Å². The van der Waals surface area contributed by atoms with Crippen molar-refractivity contribution in [1.82, 2.24) is 9.79 Å². The first-order valence-electron chi connectivity index (χ1n) is 7.21. The zero-order chi connectivity index (χ0) is 16.7. The number of ether oxygens (including phenoxy) is 1. The summed E-state index contributed by atoms with van der Waals surface area (Å²) in [5.41, 5.74) is 0.217. The van der Waals surface area contributed by atoms with E-state index in [2.05, 4.69) is 4.98 Å². The van der Waals surface area contributed by atoms with Crippen LogP contribution in [0.25, 0.3) is 0 Å². The molecule has 8 heteroatoms. The summed E-state index contributed by atoms with van der Waals surface area (Å²) in [6.07, 6.45) is 0.362. The Bertz CT molecular complexity index is 495. The lowest BCUT2D eigenvalue weighted by Gasteiger charge is -2.31. The molecule has 121 valence electrons. The molecule has 1 aromatic heterocycles. The summed E-state index contributed by atoms with van der Waals surface area (Å²) in [7, 11) is 3.25. The molecule has 0 saturated heterocycles. The maximum atomic E-state index is 11.6. The lowest BCUT2D eigenvalue weighted by atomic mass is 9.86. The maximum Gasteiger partial charge on any atom is 0.357 e. The second-order valence-electron chi connectivity index (χ2n) is 5.30. The third-order valence-corrected chi connectivity index (χ3v) is 4.29. The number of rotatable bonds is 9. The van der Waals surface area contributed by atoms with E-state index in [4.69, 9.17) is 4.74 Å². The molecular formula is C14H22BN2O4S. The second-order valence-corrected chi connectivity index (χ2v) is 6.19. The van der Waals surface area contributed by atoms with Crippen LogP contribution >= 0.6 is 11.3 Å². The molecule has 1 aromatic rings. The number of aliphatic hydroxyl groups excluding tert-OH is 1. The number of esters is 1. The first kappa shape index (κ1) is 18.8. The Morgan fingerprint density at radius 1 is 1.59 bits per heavy atom. The number of aliphatic hydroxyl groups is 1. The molecule has 6 nitrogen and oxygen atoms in total. The molecule has 2 atom stereocenters. The standard InChI is InChI=1S/C14H22BN2O4S/c1-5-21-14(20)10-7-22-13(16-10)12(19)6-11(9(2)3)17(4)15-8-18/h7-9,11-12,19H,5-6H2,1-4H3/t11-,12+/m1/s1. The van der Waals surface area contributed by atoms with Crippen molar-refractivity contribution in [2.24, 2.45) is 5.92 Å². The topological polar surface area (TPSA) is 79.7 Å². The third kappa shape index (κ3) is 5.19. The van der Waals surface area contributed by atoms with Crippen molar-refractivity contribution in [1.29, 1.82) is 0 Å². The average Bonchev–Trinajstić information content (AvgIpc) is 2.94. The Hall–Kier alpha value is -1.25. The molecule has 0 aliphatic carbocycles. The van der Waals surface area contributed by atoms with Gasteiger partial charge in [-0.05, 0) is 26.3 Å². The SMILES string of the molecule is CCOC(=O)c1csc([C@@H](O)C[C@H](C(C)C)N(C)[B]C=O)n1. The quantitative estimate of drug-likeness (QED) is 0.421. The molecule has 0 bridgehead atoms. The first-order chi connectivity index (χ1) is 10.4. The van der Waals surface area contributed by atoms with E-state index in [9.17, 15) is 14.7 Å². The van der Waals surface area contributed by atoms with Gasteiger partial charge in [0.05, 0.1) is 12.8 Å². The van der Waals surface area contributed by atoms with E-state index in [1.807, 2.05) is 13.8 Å². The molecule has 0 aliphatic heterocycles. The molecule has 22 heavy (non-hydrogen) atoms. The summed E-state index contributed by atoms with van der Waals surface area (Å²) >= 11 is 1.23. The number of thiazole rings is 1. The molecule has 1 rings (SSSR count). The van der Waals surface area contributed by atoms with Gasteiger partial charge in [0.1, 0.15) is 11.1 Å². The van der Waals surface area contributed by atoms with Gasteiger partial charge < -0.3 is 19.4 Å². The third-order valence-electron chi connectivity index (χ3n) is 3.34. The van der Waals surface area contributed by atoms with Gasteiger partial charge in [-0.15, -0.1) is 11.3 Å². The van der Waals surface area contributed by atoms with E-state index >= 15 is 0 Å². The smallest absolute Gasteiger partial charge is 0.357 e. The molecule has 0 unspecified atom stereocenters. The predicted molar refractivity (Wildman–Crippen MR) is 86.5 cm³/mol. The van der Waals surface area contributed by atoms with Crippen LogP contribution in [0.2, 0.25) is 0 Å². The number of carbonyl (C=O) groups is 2. The summed E-state index contributed by atoms with van der Waals surface area (Å²) in [5.74, 6) is -0.232. The molecule has 0 fully saturated rings. The van der Waals surface area contributed by atoms with Gasteiger partial charge in [0.15, 0.2) is 5.69 Å². The minimum atomic E-state index is -0.789. The summed E-state index contributed by atoms with van der Waals surface area (Å²) in [4.78, 5) is 28.1. The van der Waals surface area contributed by atoms with Gasteiger partial charge in [0.2, 0.25) is 0 Å². The molecule has 1 radical (unpaired) electrons. The second kappa shape index (κ2) is 9.02. The highest BCUT2D eigenvalue weighted by molar-refractivity contribution is 7.09. The Labute approximate surface area is 135 Å². The molecule has 0 aromatic carbocycles. The normalized spacial score (nSPS) is 14.0. The molecule has 0 amide bonds. The van der Waals surface area contributed by atoms with E-state index in [1.54, 1.807) is 24.2 Å². The monoisotopic (exact) mass is 325 g/mol. The minimum absolute atomic E-state index is 0.00450. The van der Waals surface area contributed by atoms with Crippen LogP contribution in [0.3, 0.4) is 0 Å². The van der Waals surface area contributed by atoms with E-state index in [-0.39, 0.29) is 24.3 Å². The number of carbonyl (C=O) groups excluding carboxylic acids is 2. The maximum absolute atomic E-state index is 11.6. The van der Waals surface area contributed by atoms with Crippen LogP contribution in [0.1, 0.15) is 48.8 Å². The number of aromatic nitrogens is 1. The van der Waals surface area contributed by atoms with Crippen LogP contribution < -0.4 is 0 Å². The van der Waals surface area contributed by atoms with Crippen molar-refractivity contribution in [2.75, 3.05) is 13.7 Å². The van der Waals surface area contributed by atoms with Crippen molar-refractivity contribution in [3.63, 3.8) is 0 Å². The van der Waals surface area contributed by atoms with Crippen molar-refractivity contribution >= 4 is 30.9 Å². The van der Waals surface area contributed by atoms with Crippen molar-refractivity contribution in [3.05, 3.63) is 16.1 Å². The lowest BCUT2D eigenvalue weighted by Crippen LogP contribution is -2.40. The van der Waals surface area contributed by atoms with E-state index in [0.29, 0.717) is 11.4 Å². The number of nitrogens with zero attached hydrogens (tertiary/aromatic N) is 2. The van der Waals surface area contributed by atoms with Crippen LogP contribution in [0.4, 0.5) is 0 Å². The van der Waals surface area contributed by atoms with E-state index in [0.717, 1.165) is 6.19 Å². The van der Waals surface area contributed by atoms with Crippen molar-refractivity contribution in [3.8, 4) is 0 Å². The van der Waals surface area contributed by atoms with Gasteiger partial charge in [0.25, 0.3) is 7.41 Å². The molecule has 0 aliphatic rings.